The first-order valence-electron chi connectivity index (χ1n) is 6.52. The molecule has 0 amide bonds. The lowest BCUT2D eigenvalue weighted by molar-refractivity contribution is -0.136. The molecule has 0 aliphatic rings. The maximum atomic E-state index is 10.3. The quantitative estimate of drug-likeness (QED) is 0.416. The molecular weight excluding hydrogens is 244 g/mol. The molecule has 4 N–H and O–H groups in total. The first-order chi connectivity index (χ1) is 9.29. The minimum absolute atomic E-state index is 0.173. The van der Waals surface area contributed by atoms with Crippen molar-refractivity contribution in [1.29, 1.82) is 0 Å². The Balaban J connectivity index is 1.83. The van der Waals surface area contributed by atoms with Crippen LogP contribution in [-0.2, 0) is 11.3 Å². The molecule has 6 heteroatoms. The third kappa shape index (κ3) is 9.12. The Labute approximate surface area is 113 Å². The van der Waals surface area contributed by atoms with Crippen LogP contribution >= 0.6 is 0 Å². The number of carboxylic acid groups (broad SMARTS) is 1. The van der Waals surface area contributed by atoms with E-state index in [-0.39, 0.29) is 6.42 Å². The highest BCUT2D eigenvalue weighted by Crippen LogP contribution is 1.93. The van der Waals surface area contributed by atoms with Gasteiger partial charge < -0.3 is 21.1 Å². The molecule has 0 spiro atoms. The molecule has 0 unspecified atom stereocenters. The molecule has 0 fully saturated rings. The highest BCUT2D eigenvalue weighted by atomic mass is 16.4. The summed E-state index contributed by atoms with van der Waals surface area (Å²) in [5.41, 5.74) is 1.18. The van der Waals surface area contributed by atoms with Gasteiger partial charge in [0.25, 0.3) is 0 Å². The Bertz CT molecular complexity index is 346. The van der Waals surface area contributed by atoms with Crippen LogP contribution in [0.4, 0.5) is 0 Å². The van der Waals surface area contributed by atoms with Crippen molar-refractivity contribution in [3.05, 3.63) is 30.1 Å². The smallest absolute Gasteiger partial charge is 0.304 e. The van der Waals surface area contributed by atoms with E-state index in [2.05, 4.69) is 20.9 Å². The summed E-state index contributed by atoms with van der Waals surface area (Å²) in [5.74, 6) is -0.764. The predicted octanol–water partition coefficient (Wildman–Crippen LogP) is -0.175. The number of pyridine rings is 1. The van der Waals surface area contributed by atoms with E-state index in [1.165, 1.54) is 5.56 Å². The summed E-state index contributed by atoms with van der Waals surface area (Å²) in [7, 11) is 0. The number of aromatic nitrogens is 1. The fourth-order valence-corrected chi connectivity index (χ4v) is 1.53. The standard InChI is InChI=1S/C13H22N4O2/c18-13(19)3-5-14-6-7-15-8-9-17-11-12-2-1-4-16-10-12/h1-2,4,10,14-15,17H,3,5-9,11H2,(H,18,19). The van der Waals surface area contributed by atoms with E-state index in [1.54, 1.807) is 6.20 Å². The normalized spacial score (nSPS) is 10.5. The van der Waals surface area contributed by atoms with E-state index >= 15 is 0 Å². The van der Waals surface area contributed by atoms with Crippen LogP contribution in [0.5, 0.6) is 0 Å². The zero-order valence-corrected chi connectivity index (χ0v) is 11.1. The molecule has 0 saturated heterocycles. The lowest BCUT2D eigenvalue weighted by Crippen LogP contribution is -2.33. The highest BCUT2D eigenvalue weighted by molar-refractivity contribution is 5.66. The Kier molecular flexibility index (Phi) is 8.54. The molecule has 6 nitrogen and oxygen atoms in total. The van der Waals surface area contributed by atoms with E-state index in [0.29, 0.717) is 6.54 Å². The van der Waals surface area contributed by atoms with Crippen LogP contribution in [0.3, 0.4) is 0 Å². The van der Waals surface area contributed by atoms with Crippen LogP contribution < -0.4 is 16.0 Å². The van der Waals surface area contributed by atoms with Crippen molar-refractivity contribution in [3.8, 4) is 0 Å². The fourth-order valence-electron chi connectivity index (χ4n) is 1.53. The molecule has 1 heterocycles. The summed E-state index contributed by atoms with van der Waals surface area (Å²) in [6, 6.07) is 3.97. The van der Waals surface area contributed by atoms with Gasteiger partial charge in [0.2, 0.25) is 0 Å². The van der Waals surface area contributed by atoms with Gasteiger partial charge in [0.15, 0.2) is 0 Å². The van der Waals surface area contributed by atoms with E-state index in [0.717, 1.165) is 32.7 Å². The van der Waals surface area contributed by atoms with Crippen molar-refractivity contribution < 1.29 is 9.90 Å². The molecule has 0 aliphatic carbocycles. The van der Waals surface area contributed by atoms with Gasteiger partial charge in [-0.15, -0.1) is 0 Å². The Morgan fingerprint density at radius 2 is 1.79 bits per heavy atom. The molecule has 0 radical (unpaired) electrons. The summed E-state index contributed by atoms with van der Waals surface area (Å²) in [6.07, 6.45) is 3.79. The molecule has 0 saturated carbocycles. The minimum Gasteiger partial charge on any atom is -0.481 e. The molecule has 1 rings (SSSR count). The second kappa shape index (κ2) is 10.4. The molecule has 0 atom stereocenters. The van der Waals surface area contributed by atoms with Gasteiger partial charge in [-0.3, -0.25) is 9.78 Å². The number of carboxylic acids is 1. The summed E-state index contributed by atoms with van der Waals surface area (Å²) in [6.45, 7) is 4.76. The first kappa shape index (κ1) is 15.6. The summed E-state index contributed by atoms with van der Waals surface area (Å²) >= 11 is 0. The first-order valence-corrected chi connectivity index (χ1v) is 6.52. The van der Waals surface area contributed by atoms with Crippen molar-refractivity contribution >= 4 is 5.97 Å². The van der Waals surface area contributed by atoms with Crippen LogP contribution in [0.2, 0.25) is 0 Å². The number of rotatable bonds is 11. The van der Waals surface area contributed by atoms with E-state index in [4.69, 9.17) is 5.11 Å². The number of nitrogens with one attached hydrogen (secondary N) is 3. The number of hydrogen-bond acceptors (Lipinski definition) is 5. The fraction of sp³-hybridized carbons (Fsp3) is 0.538. The second-order valence-electron chi connectivity index (χ2n) is 4.18. The zero-order valence-electron chi connectivity index (χ0n) is 11.1. The van der Waals surface area contributed by atoms with Crippen LogP contribution in [0, 0.1) is 0 Å². The van der Waals surface area contributed by atoms with Gasteiger partial charge in [-0.1, -0.05) is 6.07 Å². The van der Waals surface area contributed by atoms with E-state index < -0.39 is 5.97 Å². The van der Waals surface area contributed by atoms with Gasteiger partial charge >= 0.3 is 5.97 Å². The summed E-state index contributed by atoms with van der Waals surface area (Å²) < 4.78 is 0. The molecule has 1 aromatic heterocycles. The average Bonchev–Trinajstić information content (AvgIpc) is 2.42. The Hall–Kier alpha value is -1.50. The van der Waals surface area contributed by atoms with E-state index in [1.807, 2.05) is 18.3 Å². The highest BCUT2D eigenvalue weighted by Gasteiger charge is 1.95. The monoisotopic (exact) mass is 266 g/mol. The van der Waals surface area contributed by atoms with E-state index in [9.17, 15) is 4.79 Å². The van der Waals surface area contributed by atoms with Gasteiger partial charge in [-0.05, 0) is 11.6 Å². The SMILES string of the molecule is O=C(O)CCNCCNCCNCc1cccnc1. The lowest BCUT2D eigenvalue weighted by Gasteiger charge is -2.07. The molecule has 106 valence electrons. The average molecular weight is 266 g/mol. The molecule has 0 aromatic carbocycles. The molecular formula is C13H22N4O2. The third-order valence-electron chi connectivity index (χ3n) is 2.52. The van der Waals surface area contributed by atoms with Gasteiger partial charge in [-0.2, -0.15) is 0 Å². The summed E-state index contributed by atoms with van der Waals surface area (Å²) in [4.78, 5) is 14.3. The van der Waals surface area contributed by atoms with Crippen molar-refractivity contribution in [2.45, 2.75) is 13.0 Å². The maximum absolute atomic E-state index is 10.3. The number of hydrogen-bond donors (Lipinski definition) is 4. The van der Waals surface area contributed by atoms with Crippen molar-refractivity contribution in [2.75, 3.05) is 32.7 Å². The molecule has 1 aromatic rings. The van der Waals surface area contributed by atoms with Gasteiger partial charge in [0.1, 0.15) is 0 Å². The van der Waals surface area contributed by atoms with Crippen molar-refractivity contribution in [3.63, 3.8) is 0 Å². The molecule has 19 heavy (non-hydrogen) atoms. The molecule has 0 aliphatic heterocycles. The number of aliphatic carboxylic acids is 1. The number of nitrogens with zero attached hydrogens (tertiary/aromatic N) is 1. The van der Waals surface area contributed by atoms with Gasteiger partial charge in [0, 0.05) is 51.7 Å². The number of carbonyl (C=O) groups is 1. The third-order valence-corrected chi connectivity index (χ3v) is 2.52. The van der Waals surface area contributed by atoms with Gasteiger partial charge in [-0.25, -0.2) is 0 Å². The topological polar surface area (TPSA) is 86.3 Å². The van der Waals surface area contributed by atoms with Crippen molar-refractivity contribution in [2.24, 2.45) is 0 Å². The Morgan fingerprint density at radius 3 is 2.42 bits per heavy atom. The maximum Gasteiger partial charge on any atom is 0.304 e. The van der Waals surface area contributed by atoms with Crippen LogP contribution in [-0.4, -0.2) is 48.8 Å². The van der Waals surface area contributed by atoms with Crippen LogP contribution in [0.25, 0.3) is 0 Å². The predicted molar refractivity (Wildman–Crippen MR) is 73.9 cm³/mol. The van der Waals surface area contributed by atoms with Crippen molar-refractivity contribution in [1.82, 2.24) is 20.9 Å². The Morgan fingerprint density at radius 1 is 1.11 bits per heavy atom. The van der Waals surface area contributed by atoms with Crippen LogP contribution in [0.15, 0.2) is 24.5 Å². The summed E-state index contributed by atoms with van der Waals surface area (Å²) in [5, 5.41) is 18.1. The lowest BCUT2D eigenvalue weighted by atomic mass is 10.3. The zero-order chi connectivity index (χ0) is 13.8. The minimum atomic E-state index is -0.764. The largest absolute Gasteiger partial charge is 0.481 e. The van der Waals surface area contributed by atoms with Gasteiger partial charge in [0.05, 0.1) is 6.42 Å². The van der Waals surface area contributed by atoms with Crippen LogP contribution in [0.1, 0.15) is 12.0 Å². The molecule has 0 bridgehead atoms. The second-order valence-corrected chi connectivity index (χ2v) is 4.18.